The van der Waals surface area contributed by atoms with E-state index in [0.29, 0.717) is 22.2 Å². The SMILES string of the molecule is Cc1cc(-n2cnc3cc(-c4ccc(O)cc4)sc3c2=O)ccc1OCCCN1CC2(COC2)C1. The van der Waals surface area contributed by atoms with Crippen molar-refractivity contribution in [3.05, 3.63) is 70.8 Å². The Bertz CT molecular complexity index is 1430. The lowest BCUT2D eigenvalue weighted by Crippen LogP contribution is -2.65. The number of nitrogens with zero attached hydrogens (tertiary/aromatic N) is 3. The van der Waals surface area contributed by atoms with Crippen LogP contribution in [0.4, 0.5) is 0 Å². The van der Waals surface area contributed by atoms with Gasteiger partial charge in [0.2, 0.25) is 0 Å². The molecule has 1 N–H and O–H groups in total. The molecule has 4 heterocycles. The van der Waals surface area contributed by atoms with E-state index >= 15 is 0 Å². The molecule has 0 saturated carbocycles. The Hall–Kier alpha value is -3.20. The monoisotopic (exact) mass is 489 g/mol. The molecule has 0 unspecified atom stereocenters. The molecule has 2 aromatic heterocycles. The van der Waals surface area contributed by atoms with E-state index < -0.39 is 0 Å². The van der Waals surface area contributed by atoms with Crippen LogP contribution < -0.4 is 10.3 Å². The van der Waals surface area contributed by atoms with Gasteiger partial charge in [-0.15, -0.1) is 11.3 Å². The summed E-state index contributed by atoms with van der Waals surface area (Å²) >= 11 is 1.41. The first-order valence-electron chi connectivity index (χ1n) is 11.8. The molecule has 7 nitrogen and oxygen atoms in total. The van der Waals surface area contributed by atoms with Crippen LogP contribution in [0.15, 0.2) is 59.7 Å². The molecule has 0 radical (unpaired) electrons. The lowest BCUT2D eigenvalue weighted by atomic mass is 9.78. The highest BCUT2D eigenvalue weighted by Gasteiger charge is 2.48. The minimum atomic E-state index is -0.0951. The summed E-state index contributed by atoms with van der Waals surface area (Å²) < 4.78 is 13.6. The molecule has 8 heteroatoms. The minimum Gasteiger partial charge on any atom is -0.508 e. The molecule has 4 aromatic rings. The van der Waals surface area contributed by atoms with Crippen molar-refractivity contribution in [2.75, 3.05) is 39.5 Å². The second kappa shape index (κ2) is 8.78. The smallest absolute Gasteiger partial charge is 0.275 e. The van der Waals surface area contributed by atoms with Crippen molar-refractivity contribution in [3.63, 3.8) is 0 Å². The number of likely N-dealkylation sites (tertiary alicyclic amines) is 1. The summed E-state index contributed by atoms with van der Waals surface area (Å²) in [6, 6.07) is 14.7. The lowest BCUT2D eigenvalue weighted by Gasteiger charge is -2.55. The molecule has 0 bridgehead atoms. The Morgan fingerprint density at radius 1 is 1.14 bits per heavy atom. The number of rotatable bonds is 7. The molecule has 0 amide bonds. The second-order valence-corrected chi connectivity index (χ2v) is 10.7. The molecule has 6 rings (SSSR count). The predicted octanol–water partition coefficient (Wildman–Crippen LogP) is 4.23. The standard InChI is InChI=1S/C27H27N3O4S/c1-18-11-20(5-8-23(18)34-10-2-9-29-13-27(14-29)15-33-16-27)30-17-28-22-12-24(35-25(22)26(30)32)19-3-6-21(31)7-4-19/h3-8,11-12,17,31H,2,9-10,13-16H2,1H3. The van der Waals surface area contributed by atoms with Gasteiger partial charge in [0, 0.05) is 29.9 Å². The van der Waals surface area contributed by atoms with Crippen LogP contribution in [0.25, 0.3) is 26.3 Å². The maximum absolute atomic E-state index is 13.3. The first-order valence-corrected chi connectivity index (χ1v) is 12.7. The van der Waals surface area contributed by atoms with Crippen LogP contribution in [0, 0.1) is 12.3 Å². The molecule has 2 aromatic carbocycles. The molecule has 1 spiro atoms. The predicted molar refractivity (Wildman–Crippen MR) is 137 cm³/mol. The fourth-order valence-electron chi connectivity index (χ4n) is 4.91. The molecule has 35 heavy (non-hydrogen) atoms. The van der Waals surface area contributed by atoms with E-state index in [1.54, 1.807) is 23.0 Å². The number of aromatic hydroxyl groups is 1. The molecule has 2 fully saturated rings. The summed E-state index contributed by atoms with van der Waals surface area (Å²) in [5.41, 5.74) is 3.73. The molecule has 0 atom stereocenters. The average molecular weight is 490 g/mol. The summed E-state index contributed by atoms with van der Waals surface area (Å²) in [6.07, 6.45) is 2.57. The number of phenols is 1. The maximum Gasteiger partial charge on any atom is 0.275 e. The van der Waals surface area contributed by atoms with E-state index in [9.17, 15) is 9.90 Å². The zero-order valence-electron chi connectivity index (χ0n) is 19.6. The van der Waals surface area contributed by atoms with Crippen LogP contribution in [-0.2, 0) is 4.74 Å². The Kier molecular flexibility index (Phi) is 5.59. The fraction of sp³-hybridized carbons (Fsp3) is 0.333. The van der Waals surface area contributed by atoms with Crippen LogP contribution in [0.3, 0.4) is 0 Å². The highest BCUT2D eigenvalue weighted by atomic mass is 32.1. The minimum absolute atomic E-state index is 0.0951. The first kappa shape index (κ1) is 22.3. The van der Waals surface area contributed by atoms with Gasteiger partial charge in [0.1, 0.15) is 22.5 Å². The Morgan fingerprint density at radius 3 is 2.66 bits per heavy atom. The molecular weight excluding hydrogens is 462 g/mol. The van der Waals surface area contributed by atoms with Crippen molar-refractivity contribution in [2.45, 2.75) is 13.3 Å². The molecule has 0 aliphatic carbocycles. The molecule has 2 aliphatic heterocycles. The van der Waals surface area contributed by atoms with E-state index in [-0.39, 0.29) is 11.3 Å². The van der Waals surface area contributed by atoms with Gasteiger partial charge in [0.05, 0.1) is 31.0 Å². The van der Waals surface area contributed by atoms with Crippen molar-refractivity contribution in [1.82, 2.24) is 14.5 Å². The number of fused-ring (bicyclic) bond motifs is 1. The largest absolute Gasteiger partial charge is 0.508 e. The molecule has 2 saturated heterocycles. The third-order valence-electron chi connectivity index (χ3n) is 6.84. The van der Waals surface area contributed by atoms with Crippen molar-refractivity contribution >= 4 is 21.6 Å². The van der Waals surface area contributed by atoms with Gasteiger partial charge in [0.15, 0.2) is 0 Å². The van der Waals surface area contributed by atoms with Gasteiger partial charge in [0.25, 0.3) is 5.56 Å². The third kappa shape index (κ3) is 4.22. The van der Waals surface area contributed by atoms with Crippen LogP contribution >= 0.6 is 11.3 Å². The van der Waals surface area contributed by atoms with Gasteiger partial charge in [-0.1, -0.05) is 0 Å². The van der Waals surface area contributed by atoms with E-state index in [2.05, 4.69) is 9.88 Å². The lowest BCUT2D eigenvalue weighted by molar-refractivity contribution is -0.189. The van der Waals surface area contributed by atoms with Gasteiger partial charge in [-0.2, -0.15) is 0 Å². The Morgan fingerprint density at radius 2 is 1.94 bits per heavy atom. The fourth-order valence-corrected chi connectivity index (χ4v) is 5.96. The quantitative estimate of drug-likeness (QED) is 0.392. The van der Waals surface area contributed by atoms with Crippen LogP contribution in [0.1, 0.15) is 12.0 Å². The van der Waals surface area contributed by atoms with Crippen LogP contribution in [0.5, 0.6) is 11.5 Å². The number of aromatic nitrogens is 2. The van der Waals surface area contributed by atoms with E-state index in [1.165, 1.54) is 11.3 Å². The van der Waals surface area contributed by atoms with Crippen LogP contribution in [-0.4, -0.2) is 59.0 Å². The molecule has 180 valence electrons. The first-order chi connectivity index (χ1) is 17.0. The van der Waals surface area contributed by atoms with Gasteiger partial charge >= 0.3 is 0 Å². The summed E-state index contributed by atoms with van der Waals surface area (Å²) in [6.45, 7) is 7.85. The Balaban J connectivity index is 1.13. The average Bonchev–Trinajstić information content (AvgIpc) is 3.23. The highest BCUT2D eigenvalue weighted by molar-refractivity contribution is 7.22. The summed E-state index contributed by atoms with van der Waals surface area (Å²) in [7, 11) is 0. The number of ether oxygens (including phenoxy) is 2. The topological polar surface area (TPSA) is 76.8 Å². The summed E-state index contributed by atoms with van der Waals surface area (Å²) in [4.78, 5) is 21.2. The Labute approximate surface area is 207 Å². The maximum atomic E-state index is 13.3. The summed E-state index contributed by atoms with van der Waals surface area (Å²) in [5.74, 6) is 1.06. The van der Waals surface area contributed by atoms with Gasteiger partial charge in [-0.25, -0.2) is 4.98 Å². The number of thiophene rings is 1. The van der Waals surface area contributed by atoms with Crippen molar-refractivity contribution in [2.24, 2.45) is 5.41 Å². The number of hydrogen-bond donors (Lipinski definition) is 1. The molecule has 2 aliphatic rings. The van der Waals surface area contributed by atoms with Crippen molar-refractivity contribution in [3.8, 4) is 27.6 Å². The highest BCUT2D eigenvalue weighted by Crippen LogP contribution is 2.37. The number of phenolic OH excluding ortho intramolecular Hbond substituents is 1. The normalized spacial score (nSPS) is 16.8. The molecular formula is C27H27N3O4S. The number of aryl methyl sites for hydroxylation is 1. The van der Waals surface area contributed by atoms with Gasteiger partial charge in [-0.3, -0.25) is 9.36 Å². The summed E-state index contributed by atoms with van der Waals surface area (Å²) in [5, 5.41) is 9.54. The van der Waals surface area contributed by atoms with E-state index in [4.69, 9.17) is 9.47 Å². The van der Waals surface area contributed by atoms with Crippen molar-refractivity contribution < 1.29 is 14.6 Å². The third-order valence-corrected chi connectivity index (χ3v) is 8.00. The van der Waals surface area contributed by atoms with Crippen molar-refractivity contribution in [1.29, 1.82) is 0 Å². The number of benzene rings is 2. The van der Waals surface area contributed by atoms with E-state index in [1.807, 2.05) is 43.3 Å². The van der Waals surface area contributed by atoms with Crippen LogP contribution in [0.2, 0.25) is 0 Å². The zero-order chi connectivity index (χ0) is 24.0. The van der Waals surface area contributed by atoms with Gasteiger partial charge in [-0.05, 0) is 73.0 Å². The second-order valence-electron chi connectivity index (χ2n) is 9.65. The number of hydrogen-bond acceptors (Lipinski definition) is 7. The van der Waals surface area contributed by atoms with Gasteiger partial charge < -0.3 is 19.5 Å². The zero-order valence-corrected chi connectivity index (χ0v) is 20.4. The van der Waals surface area contributed by atoms with E-state index in [0.717, 1.165) is 66.7 Å².